The minimum Gasteiger partial charge on any atom is -0.316 e. The summed E-state index contributed by atoms with van der Waals surface area (Å²) in [6, 6.07) is 7.07. The highest BCUT2D eigenvalue weighted by Gasteiger charge is 2.18. The van der Waals surface area contributed by atoms with E-state index in [0.29, 0.717) is 24.8 Å². The van der Waals surface area contributed by atoms with Crippen LogP contribution >= 0.6 is 0 Å². The Morgan fingerprint density at radius 1 is 1.32 bits per heavy atom. The van der Waals surface area contributed by atoms with Gasteiger partial charge in [-0.25, -0.2) is 4.39 Å². The van der Waals surface area contributed by atoms with Gasteiger partial charge in [0.1, 0.15) is 5.83 Å². The monoisotopic (exact) mass is 304 g/mol. The van der Waals surface area contributed by atoms with E-state index < -0.39 is 0 Å². The van der Waals surface area contributed by atoms with Crippen molar-refractivity contribution >= 4 is 12.3 Å². The number of aryl methyl sites for hydroxylation is 1. The molecule has 0 bridgehead atoms. The number of nitrogens with one attached hydrogen (secondary N) is 1. The third-order valence-corrected chi connectivity index (χ3v) is 3.93. The molecule has 0 aromatic heterocycles. The van der Waals surface area contributed by atoms with Crippen LogP contribution in [-0.2, 0) is 4.79 Å². The first-order valence-electron chi connectivity index (χ1n) is 7.52. The lowest BCUT2D eigenvalue weighted by atomic mass is 10.0. The van der Waals surface area contributed by atoms with Crippen molar-refractivity contribution in [3.8, 4) is 0 Å². The second kappa shape index (κ2) is 7.84. The van der Waals surface area contributed by atoms with Gasteiger partial charge in [-0.1, -0.05) is 18.2 Å². The predicted molar refractivity (Wildman–Crippen MR) is 83.1 cm³/mol. The van der Waals surface area contributed by atoms with E-state index in [-0.39, 0.29) is 24.7 Å². The zero-order valence-corrected chi connectivity index (χ0v) is 12.8. The number of imide groups is 1. The van der Waals surface area contributed by atoms with Crippen molar-refractivity contribution in [3.05, 3.63) is 46.8 Å². The van der Waals surface area contributed by atoms with Crippen LogP contribution in [0.5, 0.6) is 0 Å². The molecule has 1 fully saturated rings. The molecule has 0 spiro atoms. The van der Waals surface area contributed by atoms with Crippen LogP contribution < -0.4 is 5.32 Å². The zero-order chi connectivity index (χ0) is 15.9. The highest BCUT2D eigenvalue weighted by Crippen LogP contribution is 2.20. The largest absolute Gasteiger partial charge is 0.316 e. The predicted octanol–water partition coefficient (Wildman–Crippen LogP) is 2.59. The van der Waals surface area contributed by atoms with Crippen molar-refractivity contribution in [1.29, 1.82) is 0 Å². The zero-order valence-electron chi connectivity index (χ0n) is 12.8. The van der Waals surface area contributed by atoms with Crippen LogP contribution in [0.2, 0.25) is 0 Å². The van der Waals surface area contributed by atoms with Gasteiger partial charge in [-0.15, -0.1) is 0 Å². The van der Waals surface area contributed by atoms with Crippen molar-refractivity contribution in [2.45, 2.75) is 26.2 Å². The molecular weight excluding hydrogens is 283 g/mol. The normalized spacial score (nSPS) is 14.5. The lowest BCUT2D eigenvalue weighted by Gasteiger charge is -2.19. The van der Waals surface area contributed by atoms with E-state index in [9.17, 15) is 14.0 Å². The SMILES string of the molecule is Cc1ccccc1C(=O)N(C=O)CCC(F)=C1CCNCC1. The van der Waals surface area contributed by atoms with Crippen LogP contribution in [-0.4, -0.2) is 36.9 Å². The summed E-state index contributed by atoms with van der Waals surface area (Å²) in [5, 5.41) is 3.17. The first-order chi connectivity index (χ1) is 10.6. The van der Waals surface area contributed by atoms with Gasteiger partial charge in [0.25, 0.3) is 5.91 Å². The van der Waals surface area contributed by atoms with Crippen molar-refractivity contribution in [2.24, 2.45) is 0 Å². The van der Waals surface area contributed by atoms with E-state index in [0.717, 1.165) is 29.1 Å². The lowest BCUT2D eigenvalue weighted by Crippen LogP contribution is -2.31. The van der Waals surface area contributed by atoms with Crippen LogP contribution in [0.4, 0.5) is 4.39 Å². The molecule has 1 aromatic carbocycles. The quantitative estimate of drug-likeness (QED) is 0.851. The number of piperidine rings is 1. The number of amides is 2. The molecule has 2 amide bonds. The minimum absolute atomic E-state index is 0.0689. The third-order valence-electron chi connectivity index (χ3n) is 3.93. The molecule has 5 heteroatoms. The summed E-state index contributed by atoms with van der Waals surface area (Å²) in [6.45, 7) is 3.44. The van der Waals surface area contributed by atoms with Crippen molar-refractivity contribution in [1.82, 2.24) is 10.2 Å². The number of benzene rings is 1. The van der Waals surface area contributed by atoms with E-state index in [1.165, 1.54) is 0 Å². The molecule has 2 rings (SSSR count). The van der Waals surface area contributed by atoms with Gasteiger partial charge in [0.05, 0.1) is 0 Å². The molecule has 0 atom stereocenters. The van der Waals surface area contributed by atoms with Gasteiger partial charge in [-0.05, 0) is 50.1 Å². The molecule has 4 nitrogen and oxygen atoms in total. The highest BCUT2D eigenvalue weighted by atomic mass is 19.1. The van der Waals surface area contributed by atoms with Gasteiger partial charge in [-0.3, -0.25) is 14.5 Å². The Bertz CT molecular complexity index is 576. The van der Waals surface area contributed by atoms with E-state index in [1.54, 1.807) is 12.1 Å². The molecule has 0 saturated carbocycles. The number of hydrogen-bond donors (Lipinski definition) is 1. The first-order valence-corrected chi connectivity index (χ1v) is 7.52. The van der Waals surface area contributed by atoms with Crippen LogP contribution in [0.3, 0.4) is 0 Å². The lowest BCUT2D eigenvalue weighted by molar-refractivity contribution is -0.116. The van der Waals surface area contributed by atoms with Crippen LogP contribution in [0, 0.1) is 6.92 Å². The Labute approximate surface area is 130 Å². The molecule has 1 aromatic rings. The molecule has 0 radical (unpaired) electrons. The topological polar surface area (TPSA) is 49.4 Å². The summed E-state index contributed by atoms with van der Waals surface area (Å²) in [6.07, 6.45) is 1.96. The summed E-state index contributed by atoms with van der Waals surface area (Å²) in [4.78, 5) is 24.6. The van der Waals surface area contributed by atoms with E-state index in [2.05, 4.69) is 5.32 Å². The molecule has 1 aliphatic rings. The standard InChI is InChI=1S/C17H21FN2O2/c1-13-4-2-3-5-15(13)17(22)20(12-21)11-8-16(18)14-6-9-19-10-7-14/h2-5,12,19H,6-11H2,1H3. The van der Waals surface area contributed by atoms with E-state index in [1.807, 2.05) is 19.1 Å². The maximum absolute atomic E-state index is 14.1. The summed E-state index contributed by atoms with van der Waals surface area (Å²) in [5.41, 5.74) is 2.08. The maximum Gasteiger partial charge on any atom is 0.260 e. The number of hydrogen-bond acceptors (Lipinski definition) is 3. The van der Waals surface area contributed by atoms with Gasteiger partial charge >= 0.3 is 0 Å². The van der Waals surface area contributed by atoms with Crippen LogP contribution in [0.1, 0.15) is 35.2 Å². The molecule has 22 heavy (non-hydrogen) atoms. The molecule has 0 unspecified atom stereocenters. The van der Waals surface area contributed by atoms with Gasteiger partial charge in [-0.2, -0.15) is 0 Å². The molecular formula is C17H21FN2O2. The highest BCUT2D eigenvalue weighted by molar-refractivity contribution is 6.00. The molecule has 1 saturated heterocycles. The summed E-state index contributed by atoms with van der Waals surface area (Å²) in [5.74, 6) is -0.567. The molecule has 118 valence electrons. The molecule has 1 aliphatic heterocycles. The number of halogens is 1. The molecule has 1 N–H and O–H groups in total. The number of carbonyl (C=O) groups excluding carboxylic acids is 2. The number of nitrogens with zero attached hydrogens (tertiary/aromatic N) is 1. The van der Waals surface area contributed by atoms with Gasteiger partial charge < -0.3 is 5.32 Å². The average molecular weight is 304 g/mol. The van der Waals surface area contributed by atoms with Gasteiger partial charge in [0, 0.05) is 18.5 Å². The van der Waals surface area contributed by atoms with Gasteiger partial charge in [0.15, 0.2) is 0 Å². The Kier molecular flexibility index (Phi) is 5.83. The second-order valence-electron chi connectivity index (χ2n) is 5.43. The van der Waals surface area contributed by atoms with E-state index in [4.69, 9.17) is 0 Å². The van der Waals surface area contributed by atoms with E-state index >= 15 is 0 Å². The smallest absolute Gasteiger partial charge is 0.260 e. The van der Waals surface area contributed by atoms with Gasteiger partial charge in [0.2, 0.25) is 6.41 Å². The number of carbonyl (C=O) groups is 2. The van der Waals surface area contributed by atoms with Crippen molar-refractivity contribution < 1.29 is 14.0 Å². The van der Waals surface area contributed by atoms with Crippen LogP contribution in [0.15, 0.2) is 35.7 Å². The summed E-state index contributed by atoms with van der Waals surface area (Å²) < 4.78 is 14.1. The van der Waals surface area contributed by atoms with Crippen LogP contribution in [0.25, 0.3) is 0 Å². The second-order valence-corrected chi connectivity index (χ2v) is 5.43. The average Bonchev–Trinajstić information content (AvgIpc) is 2.56. The number of rotatable bonds is 5. The molecule has 0 aliphatic carbocycles. The fourth-order valence-corrected chi connectivity index (χ4v) is 2.56. The Morgan fingerprint density at radius 2 is 2.00 bits per heavy atom. The fourth-order valence-electron chi connectivity index (χ4n) is 2.56. The summed E-state index contributed by atoms with van der Waals surface area (Å²) in [7, 11) is 0. The Morgan fingerprint density at radius 3 is 2.64 bits per heavy atom. The minimum atomic E-state index is -0.379. The maximum atomic E-state index is 14.1. The Balaban J connectivity index is 2.02. The summed E-state index contributed by atoms with van der Waals surface area (Å²) >= 11 is 0. The van der Waals surface area contributed by atoms with Crippen molar-refractivity contribution in [3.63, 3.8) is 0 Å². The van der Waals surface area contributed by atoms with Crippen molar-refractivity contribution in [2.75, 3.05) is 19.6 Å². The molecule has 1 heterocycles. The third kappa shape index (κ3) is 4.01. The fraction of sp³-hybridized carbons (Fsp3) is 0.412. The Hall–Kier alpha value is -2.01. The first kappa shape index (κ1) is 16.4.